The maximum Gasteiger partial charge on any atom is 0.230 e. The molecule has 20 heavy (non-hydrogen) atoms. The topological polar surface area (TPSA) is 38.3 Å². The minimum absolute atomic E-state index is 0.0231. The first-order chi connectivity index (χ1) is 9.67. The van der Waals surface area contributed by atoms with E-state index < -0.39 is 0 Å². The third kappa shape index (κ3) is 4.38. The molecule has 2 aromatic carbocycles. The lowest BCUT2D eigenvalue weighted by molar-refractivity contribution is -0.118. The van der Waals surface area contributed by atoms with Gasteiger partial charge in [0, 0.05) is 6.54 Å². The molecule has 2 rings (SSSR count). The van der Waals surface area contributed by atoms with Crippen LogP contribution in [-0.4, -0.2) is 11.2 Å². The van der Waals surface area contributed by atoms with E-state index in [-0.39, 0.29) is 5.91 Å². The van der Waals surface area contributed by atoms with Gasteiger partial charge >= 0.3 is 0 Å². The van der Waals surface area contributed by atoms with Gasteiger partial charge in [0.2, 0.25) is 5.91 Å². The summed E-state index contributed by atoms with van der Waals surface area (Å²) >= 11 is 3.11. The van der Waals surface area contributed by atoms with Crippen LogP contribution < -0.4 is 10.1 Å². The van der Waals surface area contributed by atoms with E-state index in [2.05, 4.69) is 21.2 Å². The highest BCUT2D eigenvalue weighted by atomic mass is 79.9. The number of nitrogens with one attached hydrogen (secondary N) is 1. The highest BCUT2D eigenvalue weighted by Crippen LogP contribution is 2.22. The summed E-state index contributed by atoms with van der Waals surface area (Å²) in [4.78, 5) is 11.1. The predicted octanol–water partition coefficient (Wildman–Crippen LogP) is 3.80. The molecule has 0 atom stereocenters. The first kappa shape index (κ1) is 14.6. The molecule has 0 spiro atoms. The Balaban J connectivity index is 1.96. The molecule has 0 saturated carbocycles. The molecule has 0 aliphatic carbocycles. The minimum atomic E-state index is -0.0231. The van der Waals surface area contributed by atoms with Gasteiger partial charge in [-0.25, -0.2) is 0 Å². The zero-order valence-corrected chi connectivity index (χ0v) is 12.8. The van der Waals surface area contributed by atoms with E-state index in [0.29, 0.717) is 11.9 Å². The first-order valence-electron chi connectivity index (χ1n) is 6.33. The number of alkyl halides is 1. The molecule has 0 radical (unpaired) electrons. The summed E-state index contributed by atoms with van der Waals surface area (Å²) < 4.78 is 5.77. The molecule has 0 aliphatic rings. The number of ether oxygens (including phenoxy) is 1. The zero-order valence-electron chi connectivity index (χ0n) is 11.2. The average molecular weight is 334 g/mol. The van der Waals surface area contributed by atoms with Crippen molar-refractivity contribution in [2.45, 2.75) is 13.5 Å². The summed E-state index contributed by atoms with van der Waals surface area (Å²) in [5, 5.41) is 3.12. The smallest absolute Gasteiger partial charge is 0.230 e. The number of carbonyl (C=O) groups excluding carboxylic acids is 1. The fraction of sp³-hybridized carbons (Fsp3) is 0.188. The molecule has 0 unspecified atom stereocenters. The van der Waals surface area contributed by atoms with Gasteiger partial charge in [-0.05, 0) is 42.3 Å². The standard InChI is InChI=1S/C16H16BrNO2/c1-12-3-2-4-15(9-12)20-14-7-5-13(6-8-14)11-18-16(19)10-17/h2-9H,10-11H2,1H3,(H,18,19). The quantitative estimate of drug-likeness (QED) is 0.845. The number of amides is 1. The van der Waals surface area contributed by atoms with Gasteiger partial charge < -0.3 is 10.1 Å². The van der Waals surface area contributed by atoms with Crippen LogP contribution in [0.2, 0.25) is 0 Å². The molecule has 1 amide bonds. The van der Waals surface area contributed by atoms with Crippen molar-refractivity contribution in [1.82, 2.24) is 5.32 Å². The second kappa shape index (κ2) is 7.10. The monoisotopic (exact) mass is 333 g/mol. The van der Waals surface area contributed by atoms with Crippen molar-refractivity contribution in [3.05, 3.63) is 59.7 Å². The molecule has 1 N–H and O–H groups in total. The van der Waals surface area contributed by atoms with Crippen LogP contribution in [0.5, 0.6) is 11.5 Å². The Hall–Kier alpha value is -1.81. The predicted molar refractivity (Wildman–Crippen MR) is 83.3 cm³/mol. The van der Waals surface area contributed by atoms with Crippen molar-refractivity contribution in [1.29, 1.82) is 0 Å². The molecule has 2 aromatic rings. The van der Waals surface area contributed by atoms with Crippen molar-refractivity contribution >= 4 is 21.8 Å². The van der Waals surface area contributed by atoms with E-state index in [4.69, 9.17) is 4.74 Å². The van der Waals surface area contributed by atoms with Gasteiger partial charge in [-0.15, -0.1) is 0 Å². The number of hydrogen-bond donors (Lipinski definition) is 1. The zero-order chi connectivity index (χ0) is 14.4. The molecule has 0 heterocycles. The first-order valence-corrected chi connectivity index (χ1v) is 7.45. The van der Waals surface area contributed by atoms with Gasteiger partial charge in [0.25, 0.3) is 0 Å². The van der Waals surface area contributed by atoms with Crippen molar-refractivity contribution in [2.75, 3.05) is 5.33 Å². The van der Waals surface area contributed by atoms with Gasteiger partial charge in [0.1, 0.15) is 11.5 Å². The van der Waals surface area contributed by atoms with Crippen molar-refractivity contribution in [3.63, 3.8) is 0 Å². The maximum atomic E-state index is 11.1. The van der Waals surface area contributed by atoms with Gasteiger partial charge in [-0.3, -0.25) is 4.79 Å². The van der Waals surface area contributed by atoms with E-state index in [1.165, 1.54) is 0 Å². The van der Waals surface area contributed by atoms with Crippen LogP contribution in [-0.2, 0) is 11.3 Å². The summed E-state index contributed by atoms with van der Waals surface area (Å²) in [5.41, 5.74) is 2.20. The van der Waals surface area contributed by atoms with E-state index in [1.54, 1.807) is 0 Å². The van der Waals surface area contributed by atoms with Crippen LogP contribution in [0.4, 0.5) is 0 Å². The molecule has 4 heteroatoms. The van der Waals surface area contributed by atoms with Crippen LogP contribution in [0.3, 0.4) is 0 Å². The van der Waals surface area contributed by atoms with Crippen LogP contribution >= 0.6 is 15.9 Å². The van der Waals surface area contributed by atoms with Crippen LogP contribution in [0.15, 0.2) is 48.5 Å². The third-order valence-electron chi connectivity index (χ3n) is 2.76. The van der Waals surface area contributed by atoms with Crippen LogP contribution in [0.25, 0.3) is 0 Å². The lowest BCUT2D eigenvalue weighted by Crippen LogP contribution is -2.23. The molecular formula is C16H16BrNO2. The number of aryl methyl sites for hydroxylation is 1. The molecule has 0 saturated heterocycles. The Labute approximate surface area is 127 Å². The Kier molecular flexibility index (Phi) is 5.18. The van der Waals surface area contributed by atoms with Crippen molar-refractivity contribution in [3.8, 4) is 11.5 Å². The lowest BCUT2D eigenvalue weighted by atomic mass is 10.2. The Bertz CT molecular complexity index is 581. The number of hydrogen-bond acceptors (Lipinski definition) is 2. The van der Waals surface area contributed by atoms with Gasteiger partial charge in [0.15, 0.2) is 0 Å². The van der Waals surface area contributed by atoms with Gasteiger partial charge in [-0.1, -0.05) is 40.2 Å². The summed E-state index contributed by atoms with van der Waals surface area (Å²) in [7, 11) is 0. The van der Waals surface area contributed by atoms with Crippen LogP contribution in [0, 0.1) is 6.92 Å². The van der Waals surface area contributed by atoms with E-state index in [1.807, 2.05) is 55.5 Å². The molecule has 0 aliphatic heterocycles. The summed E-state index contributed by atoms with van der Waals surface area (Å²) in [6.45, 7) is 2.55. The molecule has 104 valence electrons. The second-order valence-corrected chi connectivity index (χ2v) is 5.03. The lowest BCUT2D eigenvalue weighted by Gasteiger charge is -2.08. The normalized spacial score (nSPS) is 10.1. The summed E-state index contributed by atoms with van der Waals surface area (Å²) in [6, 6.07) is 15.6. The number of benzene rings is 2. The Morgan fingerprint density at radius 2 is 1.90 bits per heavy atom. The largest absolute Gasteiger partial charge is 0.457 e. The van der Waals surface area contributed by atoms with E-state index >= 15 is 0 Å². The molecule has 0 fully saturated rings. The third-order valence-corrected chi connectivity index (χ3v) is 3.27. The molecule has 3 nitrogen and oxygen atoms in total. The molecule has 0 aromatic heterocycles. The maximum absolute atomic E-state index is 11.1. The Morgan fingerprint density at radius 3 is 2.55 bits per heavy atom. The van der Waals surface area contributed by atoms with Gasteiger partial charge in [-0.2, -0.15) is 0 Å². The fourth-order valence-corrected chi connectivity index (χ4v) is 1.94. The van der Waals surface area contributed by atoms with Crippen molar-refractivity contribution in [2.24, 2.45) is 0 Å². The highest BCUT2D eigenvalue weighted by Gasteiger charge is 2.00. The SMILES string of the molecule is Cc1cccc(Oc2ccc(CNC(=O)CBr)cc2)c1. The molecular weight excluding hydrogens is 318 g/mol. The highest BCUT2D eigenvalue weighted by molar-refractivity contribution is 9.09. The minimum Gasteiger partial charge on any atom is -0.457 e. The second-order valence-electron chi connectivity index (χ2n) is 4.47. The van der Waals surface area contributed by atoms with E-state index in [9.17, 15) is 4.79 Å². The van der Waals surface area contributed by atoms with Gasteiger partial charge in [0.05, 0.1) is 5.33 Å². The molecule has 0 bridgehead atoms. The number of rotatable bonds is 5. The number of halogens is 1. The van der Waals surface area contributed by atoms with E-state index in [0.717, 1.165) is 22.6 Å². The van der Waals surface area contributed by atoms with Crippen molar-refractivity contribution < 1.29 is 9.53 Å². The number of carbonyl (C=O) groups is 1. The summed E-state index contributed by atoms with van der Waals surface area (Å²) in [6.07, 6.45) is 0. The fourth-order valence-electron chi connectivity index (χ4n) is 1.74. The average Bonchev–Trinajstić information content (AvgIpc) is 2.46. The summed E-state index contributed by atoms with van der Waals surface area (Å²) in [5.74, 6) is 1.58. The Morgan fingerprint density at radius 1 is 1.15 bits per heavy atom. The van der Waals surface area contributed by atoms with Crippen LogP contribution in [0.1, 0.15) is 11.1 Å².